The lowest BCUT2D eigenvalue weighted by Gasteiger charge is -2.17. The summed E-state index contributed by atoms with van der Waals surface area (Å²) >= 11 is 0. The molecule has 0 bridgehead atoms. The lowest BCUT2D eigenvalue weighted by Crippen LogP contribution is -2.18. The minimum atomic E-state index is -0.0490. The van der Waals surface area contributed by atoms with Gasteiger partial charge in [0.1, 0.15) is 12.6 Å². The van der Waals surface area contributed by atoms with Crippen LogP contribution in [0, 0.1) is 6.20 Å². The molecule has 1 N–H and O–H groups in total. The van der Waals surface area contributed by atoms with Crippen LogP contribution in [0.3, 0.4) is 0 Å². The smallest absolute Gasteiger partial charge is 0.121 e. The van der Waals surface area contributed by atoms with Crippen LogP contribution in [0.25, 0.3) is 0 Å². The average Bonchev–Trinajstić information content (AvgIpc) is 2.31. The molecule has 61 valence electrons. The first-order chi connectivity index (χ1) is 5.05. The number of nitrogens with zero attached hydrogens (tertiary/aromatic N) is 2. The van der Waals surface area contributed by atoms with Crippen LogP contribution in [-0.2, 0) is 12.1 Å². The quantitative estimate of drug-likeness (QED) is 0.651. The maximum atomic E-state index is 8.86. The van der Waals surface area contributed by atoms with Gasteiger partial charge in [-0.05, 0) is 0 Å². The zero-order valence-corrected chi connectivity index (χ0v) is 7.13. The van der Waals surface area contributed by atoms with E-state index in [0.717, 1.165) is 5.82 Å². The molecule has 3 nitrogen and oxygen atoms in total. The number of hydrogen-bond donors (Lipinski definition) is 1. The highest BCUT2D eigenvalue weighted by Crippen LogP contribution is 2.19. The molecule has 1 rings (SSSR count). The van der Waals surface area contributed by atoms with Crippen molar-refractivity contribution >= 4 is 0 Å². The molecule has 1 aromatic heterocycles. The van der Waals surface area contributed by atoms with E-state index in [9.17, 15) is 0 Å². The molecule has 0 aromatic carbocycles. The molecule has 0 fully saturated rings. The Labute approximate surface area is 66.7 Å². The second kappa shape index (κ2) is 2.66. The molecule has 3 heteroatoms. The van der Waals surface area contributed by atoms with Gasteiger partial charge in [0, 0.05) is 5.41 Å². The summed E-state index contributed by atoms with van der Waals surface area (Å²) in [6.07, 6.45) is 4.40. The maximum Gasteiger partial charge on any atom is 0.121 e. The van der Waals surface area contributed by atoms with Gasteiger partial charge < -0.3 is 9.67 Å². The molecule has 1 aromatic rings. The van der Waals surface area contributed by atoms with Crippen molar-refractivity contribution in [3.63, 3.8) is 0 Å². The molecule has 0 saturated heterocycles. The molecule has 0 aliphatic carbocycles. The standard InChI is InChI=1S/C8H13N2O/c1-8(2,3)7-9-4-5-10(7)6-11/h4,11H,6H2,1-3H3. The molecule has 0 amide bonds. The van der Waals surface area contributed by atoms with Gasteiger partial charge in [-0.15, -0.1) is 0 Å². The first-order valence-corrected chi connectivity index (χ1v) is 3.60. The van der Waals surface area contributed by atoms with E-state index >= 15 is 0 Å². The molecule has 0 unspecified atom stereocenters. The Bertz CT molecular complexity index is 234. The molecule has 0 saturated carbocycles. The Balaban J connectivity index is 3.02. The minimum Gasteiger partial charge on any atom is -0.376 e. The second-order valence-corrected chi connectivity index (χ2v) is 3.53. The van der Waals surface area contributed by atoms with E-state index in [1.807, 2.05) is 0 Å². The number of hydrogen-bond acceptors (Lipinski definition) is 2. The van der Waals surface area contributed by atoms with Crippen LogP contribution in [0.4, 0.5) is 0 Å². The fourth-order valence-corrected chi connectivity index (χ4v) is 0.997. The van der Waals surface area contributed by atoms with Crippen molar-refractivity contribution in [2.45, 2.75) is 32.9 Å². The number of imidazole rings is 1. The zero-order valence-electron chi connectivity index (χ0n) is 7.13. The number of aliphatic hydroxyl groups excluding tert-OH is 1. The first-order valence-electron chi connectivity index (χ1n) is 3.60. The molecule has 1 radical (unpaired) electrons. The Morgan fingerprint density at radius 1 is 1.64 bits per heavy atom. The van der Waals surface area contributed by atoms with Crippen molar-refractivity contribution in [3.8, 4) is 0 Å². The van der Waals surface area contributed by atoms with Gasteiger partial charge in [-0.3, -0.25) is 0 Å². The number of aliphatic hydroxyl groups is 1. The molecule has 0 aliphatic heterocycles. The Morgan fingerprint density at radius 2 is 2.27 bits per heavy atom. The Hall–Kier alpha value is -0.830. The highest BCUT2D eigenvalue weighted by atomic mass is 16.3. The molecule has 0 atom stereocenters. The van der Waals surface area contributed by atoms with Crippen LogP contribution in [0.15, 0.2) is 6.20 Å². The van der Waals surface area contributed by atoms with Crippen molar-refractivity contribution in [1.82, 2.24) is 9.55 Å². The second-order valence-electron chi connectivity index (χ2n) is 3.53. The van der Waals surface area contributed by atoms with Crippen molar-refractivity contribution in [2.24, 2.45) is 0 Å². The summed E-state index contributed by atoms with van der Waals surface area (Å²) in [7, 11) is 0. The largest absolute Gasteiger partial charge is 0.376 e. The number of aromatic nitrogens is 2. The van der Waals surface area contributed by atoms with Gasteiger partial charge in [0.2, 0.25) is 0 Å². The molecule has 0 aliphatic rings. The summed E-state index contributed by atoms with van der Waals surface area (Å²) in [5.74, 6) is 0.861. The highest BCUT2D eigenvalue weighted by molar-refractivity contribution is 5.03. The van der Waals surface area contributed by atoms with E-state index in [4.69, 9.17) is 5.11 Å². The van der Waals surface area contributed by atoms with Crippen molar-refractivity contribution in [3.05, 3.63) is 18.2 Å². The number of rotatable bonds is 1. The third-order valence-electron chi connectivity index (χ3n) is 1.47. The van der Waals surface area contributed by atoms with Crippen LogP contribution in [0.1, 0.15) is 26.6 Å². The van der Waals surface area contributed by atoms with Gasteiger partial charge >= 0.3 is 0 Å². The minimum absolute atomic E-state index is 0.0251. The highest BCUT2D eigenvalue weighted by Gasteiger charge is 2.18. The summed E-state index contributed by atoms with van der Waals surface area (Å²) in [5, 5.41) is 8.86. The van der Waals surface area contributed by atoms with Gasteiger partial charge in [-0.25, -0.2) is 4.98 Å². The van der Waals surface area contributed by atoms with E-state index in [1.165, 1.54) is 0 Å². The van der Waals surface area contributed by atoms with E-state index in [0.29, 0.717) is 0 Å². The van der Waals surface area contributed by atoms with E-state index in [-0.39, 0.29) is 12.1 Å². The van der Waals surface area contributed by atoms with Crippen molar-refractivity contribution < 1.29 is 5.11 Å². The lowest BCUT2D eigenvalue weighted by atomic mass is 9.96. The van der Waals surface area contributed by atoms with Gasteiger partial charge in [0.15, 0.2) is 0 Å². The summed E-state index contributed by atoms with van der Waals surface area (Å²) < 4.78 is 1.61. The SMILES string of the molecule is CC(C)(C)c1nc[c]n1CO. The van der Waals surface area contributed by atoms with E-state index < -0.39 is 0 Å². The summed E-state index contributed by atoms with van der Waals surface area (Å²) in [6.45, 7) is 6.10. The van der Waals surface area contributed by atoms with Crippen LogP contribution in [-0.4, -0.2) is 14.7 Å². The summed E-state index contributed by atoms with van der Waals surface area (Å²) in [4.78, 5) is 4.11. The molecule has 1 heterocycles. The van der Waals surface area contributed by atoms with Crippen LogP contribution < -0.4 is 0 Å². The van der Waals surface area contributed by atoms with Gasteiger partial charge in [-0.1, -0.05) is 20.8 Å². The predicted octanol–water partition coefficient (Wildman–Crippen LogP) is 0.931. The molecular formula is C8H13N2O. The van der Waals surface area contributed by atoms with Crippen LogP contribution in [0.5, 0.6) is 0 Å². The van der Waals surface area contributed by atoms with E-state index in [1.54, 1.807) is 10.8 Å². The first kappa shape index (κ1) is 8.27. The monoisotopic (exact) mass is 153 g/mol. The molecule has 0 spiro atoms. The van der Waals surface area contributed by atoms with Crippen LogP contribution in [0.2, 0.25) is 0 Å². The maximum absolute atomic E-state index is 8.86. The summed E-state index contributed by atoms with van der Waals surface area (Å²) in [5.41, 5.74) is -0.0251. The third-order valence-corrected chi connectivity index (χ3v) is 1.47. The molecule has 11 heavy (non-hydrogen) atoms. The Morgan fingerprint density at radius 3 is 2.64 bits per heavy atom. The van der Waals surface area contributed by atoms with Gasteiger partial charge in [-0.2, -0.15) is 0 Å². The zero-order chi connectivity index (χ0) is 8.48. The molecular weight excluding hydrogens is 140 g/mol. The van der Waals surface area contributed by atoms with Crippen molar-refractivity contribution in [1.29, 1.82) is 0 Å². The lowest BCUT2D eigenvalue weighted by molar-refractivity contribution is 0.200. The fourth-order valence-electron chi connectivity index (χ4n) is 0.997. The normalized spacial score (nSPS) is 12.0. The topological polar surface area (TPSA) is 38.0 Å². The Kier molecular flexibility index (Phi) is 2.00. The van der Waals surface area contributed by atoms with Gasteiger partial charge in [0.25, 0.3) is 0 Å². The summed E-state index contributed by atoms with van der Waals surface area (Å²) in [6, 6.07) is 0. The van der Waals surface area contributed by atoms with Crippen molar-refractivity contribution in [2.75, 3.05) is 0 Å². The van der Waals surface area contributed by atoms with Gasteiger partial charge in [0.05, 0.1) is 12.4 Å². The van der Waals surface area contributed by atoms with E-state index in [2.05, 4.69) is 32.0 Å². The fraction of sp³-hybridized carbons (Fsp3) is 0.625. The van der Waals surface area contributed by atoms with Crippen LogP contribution >= 0.6 is 0 Å². The average molecular weight is 153 g/mol. The third kappa shape index (κ3) is 1.60. The predicted molar refractivity (Wildman–Crippen MR) is 42.0 cm³/mol.